The van der Waals surface area contributed by atoms with Gasteiger partial charge in [-0.2, -0.15) is 0 Å². The van der Waals surface area contributed by atoms with Crippen LogP contribution in [0, 0.1) is 0 Å². The summed E-state index contributed by atoms with van der Waals surface area (Å²) in [5.74, 6) is 0. The molecular weight excluding hydrogens is 348 g/mol. The first-order valence-corrected chi connectivity index (χ1v) is 9.46. The van der Waals surface area contributed by atoms with E-state index in [1.165, 1.54) is 43.1 Å². The van der Waals surface area contributed by atoms with Gasteiger partial charge in [-0.3, -0.25) is 0 Å². The van der Waals surface area contributed by atoms with Crippen LogP contribution in [0.5, 0.6) is 0 Å². The first-order chi connectivity index (χ1) is 13.9. The SMILES string of the molecule is c1cc2oc3ccc4[nH]c5ccc6oc7ccc8[nH]c1c1c8c7c6c5c4c3c21. The lowest BCUT2D eigenvalue weighted by atomic mass is 9.95. The van der Waals surface area contributed by atoms with Crippen LogP contribution in [0.1, 0.15) is 0 Å². The Morgan fingerprint density at radius 3 is 0.929 bits per heavy atom. The average Bonchev–Trinajstić information content (AvgIpc) is 3.42. The van der Waals surface area contributed by atoms with Crippen molar-refractivity contribution in [2.75, 3.05) is 0 Å². The molecule has 5 aromatic carbocycles. The Balaban J connectivity index is 1.93. The van der Waals surface area contributed by atoms with Gasteiger partial charge in [-0.25, -0.2) is 0 Å². The van der Waals surface area contributed by atoms with Gasteiger partial charge in [-0.1, -0.05) is 0 Å². The summed E-state index contributed by atoms with van der Waals surface area (Å²) in [4.78, 5) is 7.24. The van der Waals surface area contributed by atoms with E-state index < -0.39 is 0 Å². The van der Waals surface area contributed by atoms with E-state index in [0.29, 0.717) is 0 Å². The molecule has 0 saturated carbocycles. The summed E-state index contributed by atoms with van der Waals surface area (Å²) in [6, 6.07) is 16.8. The molecule has 0 fully saturated rings. The first-order valence-electron chi connectivity index (χ1n) is 9.46. The van der Waals surface area contributed by atoms with E-state index in [9.17, 15) is 0 Å². The van der Waals surface area contributed by atoms with Gasteiger partial charge < -0.3 is 18.8 Å². The number of hydrogen-bond acceptors (Lipinski definition) is 2. The van der Waals surface area contributed by atoms with E-state index in [2.05, 4.69) is 58.5 Å². The Labute approximate surface area is 155 Å². The molecule has 28 heavy (non-hydrogen) atoms. The van der Waals surface area contributed by atoms with Crippen LogP contribution in [-0.4, -0.2) is 9.97 Å². The third-order valence-corrected chi connectivity index (χ3v) is 6.65. The van der Waals surface area contributed by atoms with Crippen molar-refractivity contribution >= 4 is 87.5 Å². The number of rotatable bonds is 0. The molecular formula is C24H10N2O2. The fraction of sp³-hybridized carbons (Fsp3) is 0. The van der Waals surface area contributed by atoms with Crippen molar-refractivity contribution in [2.45, 2.75) is 0 Å². The molecule has 0 radical (unpaired) electrons. The van der Waals surface area contributed by atoms with Gasteiger partial charge in [0.05, 0.1) is 0 Å². The minimum Gasteiger partial charge on any atom is -0.456 e. The molecule has 0 aliphatic rings. The van der Waals surface area contributed by atoms with Crippen LogP contribution < -0.4 is 0 Å². The molecule has 9 rings (SSSR count). The lowest BCUT2D eigenvalue weighted by Crippen LogP contribution is -1.78. The van der Waals surface area contributed by atoms with Crippen molar-refractivity contribution in [2.24, 2.45) is 0 Å². The summed E-state index contributed by atoms with van der Waals surface area (Å²) < 4.78 is 12.6. The Hall–Kier alpha value is -3.92. The minimum atomic E-state index is 0.932. The lowest BCUT2D eigenvalue weighted by molar-refractivity contribution is 0.669. The summed E-state index contributed by atoms with van der Waals surface area (Å²) in [6.45, 7) is 0. The van der Waals surface area contributed by atoms with Crippen LogP contribution in [0.2, 0.25) is 0 Å². The first kappa shape index (κ1) is 12.5. The van der Waals surface area contributed by atoms with Crippen LogP contribution in [0.4, 0.5) is 0 Å². The number of aromatic nitrogens is 2. The molecule has 0 spiro atoms. The van der Waals surface area contributed by atoms with Gasteiger partial charge >= 0.3 is 0 Å². The van der Waals surface area contributed by atoms with Crippen LogP contribution >= 0.6 is 0 Å². The molecule has 4 heterocycles. The Morgan fingerprint density at radius 2 is 0.643 bits per heavy atom. The zero-order valence-corrected chi connectivity index (χ0v) is 14.4. The second kappa shape index (κ2) is 3.58. The highest BCUT2D eigenvalue weighted by Crippen LogP contribution is 2.50. The number of benzene rings is 4. The maximum absolute atomic E-state index is 6.31. The standard InChI is InChI=1S/C24H10N2O2/c1-5-13-21-17-9(1)25-10-2-6-15-22(18(10)17)24-16(28-15)8-4-12-20(24)19-11(26-12)3-7-14(27-13)23(19)21/h1-8,25-26H. The molecule has 128 valence electrons. The van der Waals surface area contributed by atoms with Crippen LogP contribution in [0.25, 0.3) is 87.5 Å². The Morgan fingerprint density at radius 1 is 0.357 bits per heavy atom. The van der Waals surface area contributed by atoms with Gasteiger partial charge in [-0.15, -0.1) is 0 Å². The molecule has 0 bridgehead atoms. The maximum Gasteiger partial charge on any atom is 0.136 e. The lowest BCUT2D eigenvalue weighted by Gasteiger charge is -2.03. The van der Waals surface area contributed by atoms with Gasteiger partial charge in [-0.05, 0) is 48.5 Å². The summed E-state index contributed by atoms with van der Waals surface area (Å²) in [5, 5.41) is 9.71. The summed E-state index contributed by atoms with van der Waals surface area (Å²) in [6.07, 6.45) is 0. The third kappa shape index (κ3) is 1.06. The van der Waals surface area contributed by atoms with Crippen molar-refractivity contribution in [3.63, 3.8) is 0 Å². The van der Waals surface area contributed by atoms with Crippen molar-refractivity contribution in [3.05, 3.63) is 48.5 Å². The third-order valence-electron chi connectivity index (χ3n) is 6.65. The van der Waals surface area contributed by atoms with Crippen molar-refractivity contribution in [1.82, 2.24) is 9.97 Å². The second-order valence-corrected chi connectivity index (χ2v) is 7.90. The van der Waals surface area contributed by atoms with Gasteiger partial charge in [0.25, 0.3) is 0 Å². The van der Waals surface area contributed by atoms with Crippen molar-refractivity contribution in [1.29, 1.82) is 0 Å². The largest absolute Gasteiger partial charge is 0.456 e. The molecule has 0 saturated heterocycles. The molecule has 4 heteroatoms. The second-order valence-electron chi connectivity index (χ2n) is 7.90. The van der Waals surface area contributed by atoms with Crippen molar-refractivity contribution in [3.8, 4) is 0 Å². The van der Waals surface area contributed by atoms with E-state index in [1.807, 2.05) is 0 Å². The van der Waals surface area contributed by atoms with E-state index >= 15 is 0 Å². The predicted octanol–water partition coefficient (Wildman–Crippen LogP) is 7.07. The van der Waals surface area contributed by atoms with Crippen LogP contribution in [-0.2, 0) is 0 Å². The number of hydrogen-bond donors (Lipinski definition) is 2. The molecule has 4 aromatic heterocycles. The average molecular weight is 358 g/mol. The number of nitrogens with one attached hydrogen (secondary N) is 2. The summed E-state index contributed by atoms with van der Waals surface area (Å²) >= 11 is 0. The molecule has 2 N–H and O–H groups in total. The number of furan rings is 2. The zero-order valence-electron chi connectivity index (χ0n) is 14.4. The molecule has 9 aromatic rings. The van der Waals surface area contributed by atoms with Gasteiger partial charge in [0.1, 0.15) is 22.3 Å². The van der Waals surface area contributed by atoms with Gasteiger partial charge in [0, 0.05) is 65.2 Å². The van der Waals surface area contributed by atoms with Crippen LogP contribution in [0.3, 0.4) is 0 Å². The molecule has 0 amide bonds. The van der Waals surface area contributed by atoms with E-state index in [-0.39, 0.29) is 0 Å². The highest BCUT2D eigenvalue weighted by Gasteiger charge is 2.25. The number of H-pyrrole nitrogens is 2. The molecule has 4 nitrogen and oxygen atoms in total. The minimum absolute atomic E-state index is 0.932. The monoisotopic (exact) mass is 358 g/mol. The molecule has 0 aliphatic carbocycles. The number of aromatic amines is 2. The summed E-state index contributed by atoms with van der Waals surface area (Å²) in [7, 11) is 0. The fourth-order valence-corrected chi connectivity index (χ4v) is 5.65. The highest BCUT2D eigenvalue weighted by atomic mass is 16.3. The van der Waals surface area contributed by atoms with E-state index in [0.717, 1.165) is 44.4 Å². The Kier molecular flexibility index (Phi) is 1.59. The fourth-order valence-electron chi connectivity index (χ4n) is 5.65. The molecule has 0 unspecified atom stereocenters. The Bertz CT molecular complexity index is 1550. The maximum atomic E-state index is 6.31. The summed E-state index contributed by atoms with van der Waals surface area (Å²) in [5.41, 5.74) is 8.27. The smallest absolute Gasteiger partial charge is 0.136 e. The molecule has 0 aliphatic heterocycles. The van der Waals surface area contributed by atoms with Gasteiger partial charge in [0.2, 0.25) is 0 Å². The van der Waals surface area contributed by atoms with E-state index in [4.69, 9.17) is 8.83 Å². The quantitative estimate of drug-likeness (QED) is 0.305. The predicted molar refractivity (Wildman–Crippen MR) is 113 cm³/mol. The van der Waals surface area contributed by atoms with Crippen molar-refractivity contribution < 1.29 is 8.83 Å². The topological polar surface area (TPSA) is 57.9 Å². The normalized spacial score (nSPS) is 13.7. The highest BCUT2D eigenvalue weighted by molar-refractivity contribution is 6.44. The molecule has 0 atom stereocenters. The van der Waals surface area contributed by atoms with Crippen LogP contribution in [0.15, 0.2) is 57.4 Å². The van der Waals surface area contributed by atoms with Gasteiger partial charge in [0.15, 0.2) is 0 Å². The zero-order chi connectivity index (χ0) is 17.7. The van der Waals surface area contributed by atoms with E-state index in [1.54, 1.807) is 0 Å².